The van der Waals surface area contributed by atoms with Gasteiger partial charge in [-0.25, -0.2) is 4.79 Å². The van der Waals surface area contributed by atoms with E-state index in [1.165, 1.54) is 54.6 Å². The number of alkyl halides is 3. The number of hydrogen-bond donors (Lipinski definition) is 2. The Balaban J connectivity index is 2.19. The molecule has 0 heterocycles. The van der Waals surface area contributed by atoms with Crippen molar-refractivity contribution in [3.8, 4) is 0 Å². The van der Waals surface area contributed by atoms with Crippen LogP contribution in [0.1, 0.15) is 26.3 Å². The number of carbonyl (C=O) groups excluding carboxylic acids is 2. The second kappa shape index (κ2) is 7.64. The minimum Gasteiger partial charge on any atom is -0.478 e. The number of hydrogen-bond acceptors (Lipinski definition) is 3. The minimum absolute atomic E-state index is 0.0159. The smallest absolute Gasteiger partial charge is 0.471 e. The number of allylic oxidation sites excluding steroid dienone is 1. The Kier molecular flexibility index (Phi) is 5.56. The maximum absolute atomic E-state index is 12.3. The van der Waals surface area contributed by atoms with E-state index >= 15 is 0 Å². The molecule has 0 saturated carbocycles. The number of ketones is 1. The molecule has 0 bridgehead atoms. The molecule has 0 aliphatic carbocycles. The van der Waals surface area contributed by atoms with Crippen molar-refractivity contribution >= 4 is 29.4 Å². The molecule has 0 atom stereocenters. The summed E-state index contributed by atoms with van der Waals surface area (Å²) in [6.45, 7) is 0. The first kappa shape index (κ1) is 18.9. The van der Waals surface area contributed by atoms with Crippen molar-refractivity contribution in [3.05, 3.63) is 71.3 Å². The molecule has 1 amide bonds. The molecule has 0 saturated heterocycles. The molecule has 2 aromatic carbocycles. The lowest BCUT2D eigenvalue weighted by Crippen LogP contribution is -2.29. The molecule has 0 radical (unpaired) electrons. The van der Waals surface area contributed by atoms with Crippen molar-refractivity contribution in [3.63, 3.8) is 0 Å². The number of aromatic carboxylic acids is 1. The Morgan fingerprint density at radius 3 is 2.23 bits per heavy atom. The van der Waals surface area contributed by atoms with E-state index in [1.54, 1.807) is 5.32 Å². The highest BCUT2D eigenvalue weighted by Crippen LogP contribution is 2.19. The number of carboxylic acid groups (broad SMARTS) is 1. The van der Waals surface area contributed by atoms with Gasteiger partial charge in [0.25, 0.3) is 0 Å². The minimum atomic E-state index is -5.01. The lowest BCUT2D eigenvalue weighted by molar-refractivity contribution is -0.167. The molecule has 0 unspecified atom stereocenters. The molecule has 2 rings (SSSR count). The van der Waals surface area contributed by atoms with E-state index in [0.29, 0.717) is 5.56 Å². The van der Waals surface area contributed by atoms with Gasteiger partial charge in [-0.2, -0.15) is 13.2 Å². The lowest BCUT2D eigenvalue weighted by Gasteiger charge is -2.08. The van der Waals surface area contributed by atoms with E-state index in [-0.39, 0.29) is 16.8 Å². The predicted molar refractivity (Wildman–Crippen MR) is 87.9 cm³/mol. The fourth-order valence-electron chi connectivity index (χ4n) is 2.07. The van der Waals surface area contributed by atoms with Crippen molar-refractivity contribution in [1.29, 1.82) is 0 Å². The monoisotopic (exact) mass is 363 g/mol. The number of halogens is 3. The van der Waals surface area contributed by atoms with Crippen LogP contribution in [0.25, 0.3) is 6.08 Å². The van der Waals surface area contributed by atoms with Gasteiger partial charge in [-0.15, -0.1) is 0 Å². The molecular weight excluding hydrogens is 351 g/mol. The average Bonchev–Trinajstić information content (AvgIpc) is 2.59. The summed E-state index contributed by atoms with van der Waals surface area (Å²) in [5.41, 5.74) is 0.0881. The molecule has 0 aliphatic rings. The highest BCUT2D eigenvalue weighted by atomic mass is 19.4. The summed E-state index contributed by atoms with van der Waals surface area (Å²) in [7, 11) is 0. The molecule has 134 valence electrons. The van der Waals surface area contributed by atoms with Gasteiger partial charge >= 0.3 is 18.1 Å². The van der Waals surface area contributed by atoms with Crippen molar-refractivity contribution in [2.24, 2.45) is 0 Å². The predicted octanol–water partition coefficient (Wildman–Crippen LogP) is 3.78. The summed E-state index contributed by atoms with van der Waals surface area (Å²) >= 11 is 0. The molecule has 0 fully saturated rings. The van der Waals surface area contributed by atoms with Gasteiger partial charge in [0.15, 0.2) is 5.78 Å². The average molecular weight is 363 g/mol. The Bertz CT molecular complexity index is 888. The lowest BCUT2D eigenvalue weighted by atomic mass is 10.0. The van der Waals surface area contributed by atoms with Gasteiger partial charge in [-0.05, 0) is 29.8 Å². The van der Waals surface area contributed by atoms with Crippen LogP contribution in [0.3, 0.4) is 0 Å². The van der Waals surface area contributed by atoms with Crippen molar-refractivity contribution in [2.45, 2.75) is 6.18 Å². The second-order valence-electron chi connectivity index (χ2n) is 5.13. The van der Waals surface area contributed by atoms with Crippen LogP contribution in [-0.2, 0) is 4.79 Å². The van der Waals surface area contributed by atoms with Gasteiger partial charge < -0.3 is 10.4 Å². The summed E-state index contributed by atoms with van der Waals surface area (Å²) in [5, 5.41) is 10.8. The van der Waals surface area contributed by atoms with E-state index in [2.05, 4.69) is 0 Å². The van der Waals surface area contributed by atoms with Crippen LogP contribution >= 0.6 is 0 Å². The van der Waals surface area contributed by atoms with Crippen molar-refractivity contribution in [1.82, 2.24) is 0 Å². The number of carboxylic acids is 1. The van der Waals surface area contributed by atoms with Crippen LogP contribution in [0.2, 0.25) is 0 Å². The molecular formula is C18H12F3NO4. The van der Waals surface area contributed by atoms with Gasteiger partial charge in [-0.3, -0.25) is 9.59 Å². The molecule has 5 nitrogen and oxygen atoms in total. The Labute approximate surface area is 145 Å². The first-order valence-electron chi connectivity index (χ1n) is 7.21. The molecule has 26 heavy (non-hydrogen) atoms. The van der Waals surface area contributed by atoms with Crippen LogP contribution in [0.15, 0.2) is 54.6 Å². The summed E-state index contributed by atoms with van der Waals surface area (Å²) < 4.78 is 36.8. The zero-order valence-corrected chi connectivity index (χ0v) is 13.1. The first-order chi connectivity index (χ1) is 12.2. The SMILES string of the molecule is O=C(O)c1ccccc1C(=O)/C=C/c1cccc(NC(=O)C(F)(F)F)c1. The third kappa shape index (κ3) is 4.79. The van der Waals surface area contributed by atoms with Crippen LogP contribution in [0, 0.1) is 0 Å². The van der Waals surface area contributed by atoms with Crippen molar-refractivity contribution < 1.29 is 32.7 Å². The second-order valence-corrected chi connectivity index (χ2v) is 5.13. The number of rotatable bonds is 5. The van der Waals surface area contributed by atoms with E-state index < -0.39 is 23.8 Å². The van der Waals surface area contributed by atoms with Crippen molar-refractivity contribution in [2.75, 3.05) is 5.32 Å². The number of benzene rings is 2. The highest BCUT2D eigenvalue weighted by molar-refractivity contribution is 6.12. The zero-order chi connectivity index (χ0) is 19.3. The standard InChI is InChI=1S/C18H12F3NO4/c19-18(20,21)17(26)22-12-5-3-4-11(10-12)8-9-15(23)13-6-1-2-7-14(13)16(24)25/h1-10H,(H,22,26)(H,24,25)/b9-8+. The van der Waals surface area contributed by atoms with E-state index in [1.807, 2.05) is 0 Å². The maximum Gasteiger partial charge on any atom is 0.471 e. The third-order valence-corrected chi connectivity index (χ3v) is 3.25. The summed E-state index contributed by atoms with van der Waals surface area (Å²) in [5.74, 6) is -3.93. The van der Waals surface area contributed by atoms with E-state index in [0.717, 1.165) is 6.08 Å². The number of carbonyl (C=O) groups is 3. The maximum atomic E-state index is 12.3. The molecule has 2 N–H and O–H groups in total. The normalized spacial score (nSPS) is 11.3. The Hall–Kier alpha value is -3.42. The fraction of sp³-hybridized carbons (Fsp3) is 0.0556. The number of anilines is 1. The Morgan fingerprint density at radius 2 is 1.62 bits per heavy atom. The topological polar surface area (TPSA) is 83.5 Å². The molecule has 0 spiro atoms. The highest BCUT2D eigenvalue weighted by Gasteiger charge is 2.38. The first-order valence-corrected chi connectivity index (χ1v) is 7.21. The van der Waals surface area contributed by atoms with Crippen LogP contribution < -0.4 is 5.32 Å². The van der Waals surface area contributed by atoms with Gasteiger partial charge in [-0.1, -0.05) is 36.4 Å². The summed E-state index contributed by atoms with van der Waals surface area (Å²) in [6.07, 6.45) is -2.60. The number of nitrogens with one attached hydrogen (secondary N) is 1. The van der Waals surface area contributed by atoms with E-state index in [9.17, 15) is 27.6 Å². The zero-order valence-electron chi connectivity index (χ0n) is 13.1. The largest absolute Gasteiger partial charge is 0.478 e. The third-order valence-electron chi connectivity index (χ3n) is 3.25. The van der Waals surface area contributed by atoms with Gasteiger partial charge in [0.05, 0.1) is 5.56 Å². The van der Waals surface area contributed by atoms with E-state index in [4.69, 9.17) is 5.11 Å². The summed E-state index contributed by atoms with van der Waals surface area (Å²) in [4.78, 5) is 34.2. The molecule has 0 aromatic heterocycles. The quantitative estimate of drug-likeness (QED) is 0.626. The summed E-state index contributed by atoms with van der Waals surface area (Å²) in [6, 6.07) is 11.1. The van der Waals surface area contributed by atoms with Gasteiger partial charge in [0.1, 0.15) is 0 Å². The van der Waals surface area contributed by atoms with Gasteiger partial charge in [0, 0.05) is 11.3 Å². The van der Waals surface area contributed by atoms with Crippen LogP contribution in [0.5, 0.6) is 0 Å². The van der Waals surface area contributed by atoms with Gasteiger partial charge in [0.2, 0.25) is 0 Å². The van der Waals surface area contributed by atoms with Crippen LogP contribution in [0.4, 0.5) is 18.9 Å². The molecule has 2 aromatic rings. The number of amides is 1. The molecule has 8 heteroatoms. The Morgan fingerprint density at radius 1 is 0.962 bits per heavy atom. The molecule has 0 aliphatic heterocycles. The van der Waals surface area contributed by atoms with Crippen LogP contribution in [-0.4, -0.2) is 28.9 Å². The fourth-order valence-corrected chi connectivity index (χ4v) is 2.07.